The normalized spacial score (nSPS) is 19.3. The summed E-state index contributed by atoms with van der Waals surface area (Å²) < 4.78 is 28.1. The first-order chi connectivity index (χ1) is 35.9. The molecule has 1 aromatic heterocycles. The zero-order valence-electron chi connectivity index (χ0n) is 45.5. The molecule has 410 valence electrons. The van der Waals surface area contributed by atoms with Gasteiger partial charge in [-0.3, -0.25) is 19.2 Å². The number of carbonyl (C=O) groups is 5. The van der Waals surface area contributed by atoms with Crippen molar-refractivity contribution in [1.29, 1.82) is 5.26 Å². The number of aryl methyl sites for hydroxylation is 1. The Hall–Kier alpha value is -6.26. The Balaban J connectivity index is 0.938. The van der Waals surface area contributed by atoms with E-state index in [-0.39, 0.29) is 54.6 Å². The lowest BCUT2D eigenvalue weighted by Gasteiger charge is -2.63. The van der Waals surface area contributed by atoms with Crippen molar-refractivity contribution < 1.29 is 47.7 Å². The Kier molecular flexibility index (Phi) is 20.0. The molecule has 1 aliphatic carbocycles. The molecule has 17 nitrogen and oxygen atoms in total. The molecule has 1 saturated heterocycles. The van der Waals surface area contributed by atoms with Crippen molar-refractivity contribution in [3.8, 4) is 22.3 Å². The predicted octanol–water partition coefficient (Wildman–Crippen LogP) is 9.77. The minimum absolute atomic E-state index is 0.0169. The second-order valence-electron chi connectivity index (χ2n) is 22.1. The Morgan fingerprint density at radius 1 is 0.934 bits per heavy atom. The minimum Gasteiger partial charge on any atom is -0.489 e. The number of carbonyl (C=O) groups excluding carboxylic acids is 5. The highest BCUT2D eigenvalue weighted by Gasteiger charge is 2.64. The zero-order chi connectivity index (χ0) is 55.5. The molecule has 1 unspecified atom stereocenters. The first-order valence-electron chi connectivity index (χ1n) is 25.8. The largest absolute Gasteiger partial charge is 0.510 e. The molecule has 2 aliphatic rings. The fraction of sp³-hybridized carbons (Fsp3) is 0.526. The lowest BCUT2D eigenvalue weighted by molar-refractivity contribution is -0.164. The highest BCUT2D eigenvalue weighted by Crippen LogP contribution is 2.55. The van der Waals surface area contributed by atoms with Crippen LogP contribution in [-0.2, 0) is 33.3 Å². The number of amides is 4. The number of benzene rings is 3. The molecule has 0 bridgehead atoms. The van der Waals surface area contributed by atoms with Crippen LogP contribution in [0.3, 0.4) is 0 Å². The van der Waals surface area contributed by atoms with Gasteiger partial charge in [-0.1, -0.05) is 84.3 Å². The molecule has 4 atom stereocenters. The number of rotatable bonds is 23. The second kappa shape index (κ2) is 25.7. The molecule has 2 heterocycles. The molecular weight excluding hydrogens is 1010 g/mol. The summed E-state index contributed by atoms with van der Waals surface area (Å²) in [6.45, 7) is 21.3. The van der Waals surface area contributed by atoms with Crippen LogP contribution in [-0.4, -0.2) is 109 Å². The Labute approximate surface area is 456 Å². The van der Waals surface area contributed by atoms with Gasteiger partial charge in [-0.15, -0.1) is 11.3 Å². The van der Waals surface area contributed by atoms with Crippen molar-refractivity contribution in [3.63, 3.8) is 0 Å². The number of likely N-dealkylation sites (tertiary alicyclic amines) is 1. The van der Waals surface area contributed by atoms with Crippen molar-refractivity contribution in [2.24, 2.45) is 16.2 Å². The summed E-state index contributed by atoms with van der Waals surface area (Å²) in [4.78, 5) is 74.3. The maximum atomic E-state index is 14.5. The van der Waals surface area contributed by atoms with E-state index >= 15 is 0 Å². The first kappa shape index (κ1) is 59.0. The van der Waals surface area contributed by atoms with Gasteiger partial charge >= 0.3 is 6.16 Å². The van der Waals surface area contributed by atoms with Crippen LogP contribution in [0.5, 0.6) is 5.75 Å². The number of nitrogens with zero attached hydrogens (tertiary/aromatic N) is 3. The third-order valence-electron chi connectivity index (χ3n) is 14.0. The predicted molar refractivity (Wildman–Crippen MR) is 292 cm³/mol. The quantitative estimate of drug-likeness (QED) is 0.0309. The molecule has 3 aromatic carbocycles. The minimum atomic E-state index is -1.01. The number of nitriles is 1. The SMILES string of the molecule is Cc1ncsc1-c1ccc([C@H](C)NC(=O)[C@@H]2C[C@@H](OCOC(=O)OC(C)C)CN2C(=O)C(NC(=O)COCCCCCNc2ccc(C(=O)NC3C(C)(C)C(Oc4ccc(C#N)c(Cl)c4)C3(C)C)cc2)C(C)(C)C)cc1. The zero-order valence-corrected chi connectivity index (χ0v) is 47.1. The smallest absolute Gasteiger partial charge is 0.489 e. The Morgan fingerprint density at radius 2 is 1.63 bits per heavy atom. The number of aromatic nitrogens is 1. The van der Waals surface area contributed by atoms with Gasteiger partial charge in [0.15, 0.2) is 6.79 Å². The Morgan fingerprint density at radius 3 is 2.25 bits per heavy atom. The molecule has 2 fully saturated rings. The summed E-state index contributed by atoms with van der Waals surface area (Å²) in [5.41, 5.74) is 4.93. The van der Waals surface area contributed by atoms with E-state index in [0.717, 1.165) is 40.2 Å². The monoisotopic (exact) mass is 1080 g/mol. The van der Waals surface area contributed by atoms with Gasteiger partial charge in [0.25, 0.3) is 5.91 Å². The van der Waals surface area contributed by atoms with Crippen LogP contribution in [0.2, 0.25) is 5.02 Å². The van der Waals surface area contributed by atoms with Gasteiger partial charge in [-0.05, 0) is 99.9 Å². The molecule has 6 rings (SSSR count). The van der Waals surface area contributed by atoms with E-state index in [1.54, 1.807) is 55.5 Å². The number of nitrogens with one attached hydrogen (secondary N) is 4. The second-order valence-corrected chi connectivity index (χ2v) is 23.4. The molecule has 4 amide bonds. The van der Waals surface area contributed by atoms with E-state index in [0.29, 0.717) is 41.5 Å². The van der Waals surface area contributed by atoms with E-state index in [2.05, 4.69) is 60.0 Å². The van der Waals surface area contributed by atoms with Gasteiger partial charge in [0.05, 0.1) is 44.9 Å². The van der Waals surface area contributed by atoms with Crippen molar-refractivity contribution in [1.82, 2.24) is 25.8 Å². The molecule has 1 aliphatic heterocycles. The Bertz CT molecular complexity index is 2680. The van der Waals surface area contributed by atoms with E-state index < -0.39 is 60.3 Å². The molecule has 0 radical (unpaired) electrons. The van der Waals surface area contributed by atoms with E-state index in [1.807, 2.05) is 76.5 Å². The molecule has 4 aromatic rings. The molecule has 4 N–H and O–H groups in total. The summed E-state index contributed by atoms with van der Waals surface area (Å²) in [5.74, 6) is -0.911. The summed E-state index contributed by atoms with van der Waals surface area (Å²) in [7, 11) is 0. The van der Waals surface area contributed by atoms with Gasteiger partial charge < -0.3 is 49.9 Å². The average molecular weight is 1080 g/mol. The lowest BCUT2D eigenvalue weighted by Crippen LogP contribution is -2.74. The van der Waals surface area contributed by atoms with Gasteiger partial charge in [-0.25, -0.2) is 9.78 Å². The molecular formula is C57H74ClN7O10S. The average Bonchev–Trinajstić information content (AvgIpc) is 4.00. The fourth-order valence-corrected chi connectivity index (χ4v) is 11.2. The summed E-state index contributed by atoms with van der Waals surface area (Å²) >= 11 is 7.81. The summed E-state index contributed by atoms with van der Waals surface area (Å²) in [5, 5.41) is 22.1. The maximum absolute atomic E-state index is 14.5. The van der Waals surface area contributed by atoms with E-state index in [4.69, 9.17) is 35.3 Å². The highest BCUT2D eigenvalue weighted by molar-refractivity contribution is 7.13. The number of unbranched alkanes of at least 4 members (excludes halogenated alkanes) is 2. The molecule has 0 spiro atoms. The van der Waals surface area contributed by atoms with Gasteiger partial charge in [0, 0.05) is 60.3 Å². The van der Waals surface area contributed by atoms with Crippen LogP contribution in [0.4, 0.5) is 10.5 Å². The van der Waals surface area contributed by atoms with Crippen LogP contribution in [0.15, 0.2) is 72.2 Å². The number of anilines is 1. The number of thiazole rings is 1. The van der Waals surface area contributed by atoms with Crippen molar-refractivity contribution in [3.05, 3.63) is 99.6 Å². The molecule has 19 heteroatoms. The van der Waals surface area contributed by atoms with Crippen LogP contribution in [0.1, 0.15) is 128 Å². The van der Waals surface area contributed by atoms with Crippen LogP contribution in [0, 0.1) is 34.5 Å². The van der Waals surface area contributed by atoms with E-state index in [9.17, 15) is 29.2 Å². The standard InChI is InChI=1S/C57H74ClN7O10S/c1-34(2)74-54(70)73-33-72-43-28-45(50(68)62-35(3)37-15-17-38(18-16-37)47-36(4)61-32-76-47)65(30-43)51(69)48(55(5,6)7)63-46(66)31-71-26-14-12-13-25-60-41-22-19-39(20-23-41)49(67)64-52-56(8,9)53(57(52,10)11)75-42-24-21-40(29-59)44(58)27-42/h15-24,27,32,34-35,43,45,48,52-53,60H,12-14,25-26,28,30-31,33H2,1-11H3,(H,62,68)(H,63,66)(H,64,67)/t35-,43+,45-,48?,52?,53?/m0/s1. The fourth-order valence-electron chi connectivity index (χ4n) is 10.2. The lowest BCUT2D eigenvalue weighted by atomic mass is 9.49. The van der Waals surface area contributed by atoms with Crippen molar-refractivity contribution in [2.75, 3.05) is 38.4 Å². The van der Waals surface area contributed by atoms with Crippen molar-refractivity contribution in [2.45, 2.75) is 144 Å². The van der Waals surface area contributed by atoms with Crippen LogP contribution < -0.4 is 26.0 Å². The number of hydrogen-bond donors (Lipinski definition) is 4. The van der Waals surface area contributed by atoms with Crippen LogP contribution >= 0.6 is 22.9 Å². The van der Waals surface area contributed by atoms with Crippen LogP contribution in [0.25, 0.3) is 10.4 Å². The van der Waals surface area contributed by atoms with Gasteiger partial charge in [-0.2, -0.15) is 5.26 Å². The summed E-state index contributed by atoms with van der Waals surface area (Å²) in [6.07, 6.45) is 0.347. The third kappa shape index (κ3) is 15.0. The molecule has 76 heavy (non-hydrogen) atoms. The third-order valence-corrected chi connectivity index (χ3v) is 15.3. The van der Waals surface area contributed by atoms with Gasteiger partial charge in [0.2, 0.25) is 17.7 Å². The molecule has 1 saturated carbocycles. The number of hydrogen-bond acceptors (Lipinski definition) is 14. The number of ether oxygens (including phenoxy) is 5. The first-order valence-corrected chi connectivity index (χ1v) is 27.1. The topological polar surface area (TPSA) is 220 Å². The highest BCUT2D eigenvalue weighted by atomic mass is 35.5. The number of halogens is 1. The van der Waals surface area contributed by atoms with Crippen molar-refractivity contribution >= 4 is 58.4 Å². The summed E-state index contributed by atoms with van der Waals surface area (Å²) in [6, 6.07) is 19.8. The van der Waals surface area contributed by atoms with E-state index in [1.165, 1.54) is 4.90 Å². The maximum Gasteiger partial charge on any atom is 0.510 e. The van der Waals surface area contributed by atoms with Gasteiger partial charge in [0.1, 0.15) is 36.6 Å².